The SMILES string of the molecule is Cc1cc(SCC(=O)N2CCC(CN3CC(C)OC(C)C3)CC2)c(C)cc1Br. The van der Waals surface area contributed by atoms with Crippen molar-refractivity contribution in [1.29, 1.82) is 0 Å². The number of thioether (sulfide) groups is 1. The Morgan fingerprint density at radius 1 is 1.14 bits per heavy atom. The van der Waals surface area contributed by atoms with Gasteiger partial charge in [0, 0.05) is 42.1 Å². The highest BCUT2D eigenvalue weighted by Gasteiger charge is 2.28. The van der Waals surface area contributed by atoms with Gasteiger partial charge in [-0.15, -0.1) is 11.8 Å². The minimum absolute atomic E-state index is 0.275. The van der Waals surface area contributed by atoms with E-state index in [1.807, 2.05) is 0 Å². The summed E-state index contributed by atoms with van der Waals surface area (Å²) in [6.07, 6.45) is 2.89. The summed E-state index contributed by atoms with van der Waals surface area (Å²) in [6, 6.07) is 4.31. The van der Waals surface area contributed by atoms with Crippen LogP contribution in [0, 0.1) is 19.8 Å². The van der Waals surface area contributed by atoms with Gasteiger partial charge >= 0.3 is 0 Å². The van der Waals surface area contributed by atoms with Crippen molar-refractivity contribution in [3.05, 3.63) is 27.7 Å². The molecule has 0 spiro atoms. The predicted octanol–water partition coefficient (Wildman–Crippen LogP) is 4.51. The van der Waals surface area contributed by atoms with Crippen LogP contribution >= 0.6 is 27.7 Å². The number of benzene rings is 1. The van der Waals surface area contributed by atoms with E-state index in [9.17, 15) is 4.79 Å². The number of rotatable bonds is 5. The summed E-state index contributed by atoms with van der Waals surface area (Å²) < 4.78 is 6.97. The van der Waals surface area contributed by atoms with Crippen molar-refractivity contribution in [2.75, 3.05) is 38.5 Å². The lowest BCUT2D eigenvalue weighted by molar-refractivity contribution is -0.129. The fourth-order valence-corrected chi connectivity index (χ4v) is 5.77. The first-order chi connectivity index (χ1) is 13.3. The van der Waals surface area contributed by atoms with E-state index in [-0.39, 0.29) is 5.91 Å². The number of carbonyl (C=O) groups is 1. The molecule has 2 aliphatic heterocycles. The minimum Gasteiger partial charge on any atom is -0.373 e. The Balaban J connectivity index is 1.43. The molecule has 2 aliphatic rings. The summed E-state index contributed by atoms with van der Waals surface area (Å²) in [4.78, 5) is 18.5. The van der Waals surface area contributed by atoms with Crippen LogP contribution in [-0.2, 0) is 9.53 Å². The molecule has 2 atom stereocenters. The van der Waals surface area contributed by atoms with Crippen LogP contribution in [0.4, 0.5) is 0 Å². The molecule has 28 heavy (non-hydrogen) atoms. The van der Waals surface area contributed by atoms with E-state index in [1.165, 1.54) is 16.0 Å². The van der Waals surface area contributed by atoms with Crippen molar-refractivity contribution in [2.24, 2.45) is 5.92 Å². The van der Waals surface area contributed by atoms with Gasteiger partial charge in [-0.05, 0) is 69.7 Å². The van der Waals surface area contributed by atoms with Gasteiger partial charge in [-0.3, -0.25) is 9.69 Å². The highest BCUT2D eigenvalue weighted by molar-refractivity contribution is 9.10. The van der Waals surface area contributed by atoms with Crippen LogP contribution in [-0.4, -0.2) is 66.4 Å². The summed E-state index contributed by atoms with van der Waals surface area (Å²) in [6.45, 7) is 13.5. The Kier molecular flexibility index (Phi) is 7.88. The summed E-state index contributed by atoms with van der Waals surface area (Å²) in [5, 5.41) is 0. The first-order valence-electron chi connectivity index (χ1n) is 10.4. The summed E-state index contributed by atoms with van der Waals surface area (Å²) in [7, 11) is 0. The zero-order valence-corrected chi connectivity index (χ0v) is 19.9. The number of ether oxygens (including phenoxy) is 1. The fourth-order valence-electron chi connectivity index (χ4n) is 4.30. The molecular weight excluding hydrogens is 436 g/mol. The van der Waals surface area contributed by atoms with Crippen molar-refractivity contribution in [2.45, 2.75) is 57.6 Å². The number of halogens is 1. The number of likely N-dealkylation sites (tertiary alicyclic amines) is 1. The molecule has 1 aromatic rings. The molecule has 156 valence electrons. The fraction of sp³-hybridized carbons (Fsp3) is 0.682. The maximum absolute atomic E-state index is 12.7. The zero-order valence-electron chi connectivity index (χ0n) is 17.5. The molecule has 0 bridgehead atoms. The van der Waals surface area contributed by atoms with Gasteiger partial charge in [-0.25, -0.2) is 0 Å². The van der Waals surface area contributed by atoms with Gasteiger partial charge in [-0.2, -0.15) is 0 Å². The number of aryl methyl sites for hydroxylation is 2. The third kappa shape index (κ3) is 5.97. The van der Waals surface area contributed by atoms with E-state index in [2.05, 4.69) is 65.6 Å². The number of amides is 1. The molecule has 0 aromatic heterocycles. The molecule has 1 amide bonds. The van der Waals surface area contributed by atoms with E-state index < -0.39 is 0 Å². The average Bonchev–Trinajstić information content (AvgIpc) is 2.63. The van der Waals surface area contributed by atoms with Crippen LogP contribution in [0.15, 0.2) is 21.5 Å². The standard InChI is InChI=1S/C22H33BrN2O2S/c1-15-10-21(16(2)9-20(15)23)28-14-22(26)25-7-5-19(6-8-25)13-24-11-17(3)27-18(4)12-24/h9-10,17-19H,5-8,11-14H2,1-4H3. The monoisotopic (exact) mass is 468 g/mol. The third-order valence-corrected chi connectivity index (χ3v) is 7.78. The lowest BCUT2D eigenvalue weighted by Gasteiger charge is -2.39. The zero-order chi connectivity index (χ0) is 20.3. The van der Waals surface area contributed by atoms with E-state index in [1.54, 1.807) is 11.8 Å². The van der Waals surface area contributed by atoms with Crippen molar-refractivity contribution in [3.8, 4) is 0 Å². The number of morpholine rings is 1. The van der Waals surface area contributed by atoms with E-state index in [0.717, 1.165) is 50.0 Å². The van der Waals surface area contributed by atoms with Crippen molar-refractivity contribution in [3.63, 3.8) is 0 Å². The van der Waals surface area contributed by atoms with Crippen molar-refractivity contribution >= 4 is 33.6 Å². The van der Waals surface area contributed by atoms with E-state index in [0.29, 0.717) is 23.9 Å². The predicted molar refractivity (Wildman–Crippen MR) is 120 cm³/mol. The summed E-state index contributed by atoms with van der Waals surface area (Å²) in [5.74, 6) is 1.51. The van der Waals surface area contributed by atoms with Crippen LogP contribution < -0.4 is 0 Å². The molecule has 0 saturated carbocycles. The molecule has 2 fully saturated rings. The molecule has 2 unspecified atom stereocenters. The number of hydrogen-bond acceptors (Lipinski definition) is 4. The Morgan fingerprint density at radius 3 is 2.43 bits per heavy atom. The van der Waals surface area contributed by atoms with E-state index in [4.69, 9.17) is 4.74 Å². The Labute approximate surface area is 182 Å². The van der Waals surface area contributed by atoms with Gasteiger partial charge in [0.1, 0.15) is 0 Å². The maximum atomic E-state index is 12.7. The maximum Gasteiger partial charge on any atom is 0.232 e. The number of hydrogen-bond donors (Lipinski definition) is 0. The first-order valence-corrected chi connectivity index (χ1v) is 12.1. The molecule has 2 heterocycles. The molecule has 0 radical (unpaired) electrons. The van der Waals surface area contributed by atoms with Gasteiger partial charge in [0.2, 0.25) is 5.91 Å². The van der Waals surface area contributed by atoms with Crippen LogP contribution in [0.25, 0.3) is 0 Å². The molecular formula is C22H33BrN2O2S. The van der Waals surface area contributed by atoms with Gasteiger partial charge in [0.15, 0.2) is 0 Å². The average molecular weight is 469 g/mol. The lowest BCUT2D eigenvalue weighted by atomic mass is 9.95. The normalized spacial score (nSPS) is 24.5. The molecule has 1 aromatic carbocycles. The van der Waals surface area contributed by atoms with Crippen molar-refractivity contribution in [1.82, 2.24) is 9.80 Å². The third-order valence-electron chi connectivity index (χ3n) is 5.79. The second kappa shape index (κ2) is 9.96. The number of carbonyl (C=O) groups excluding carboxylic acids is 1. The highest BCUT2D eigenvalue weighted by Crippen LogP contribution is 2.29. The number of piperidine rings is 1. The molecule has 6 heteroatoms. The minimum atomic E-state index is 0.275. The van der Waals surface area contributed by atoms with Gasteiger partial charge in [0.25, 0.3) is 0 Å². The van der Waals surface area contributed by atoms with Gasteiger partial charge in [0.05, 0.1) is 18.0 Å². The lowest BCUT2D eigenvalue weighted by Crippen LogP contribution is -2.48. The summed E-state index contributed by atoms with van der Waals surface area (Å²) in [5.41, 5.74) is 2.44. The van der Waals surface area contributed by atoms with Gasteiger partial charge in [-0.1, -0.05) is 15.9 Å². The smallest absolute Gasteiger partial charge is 0.232 e. The van der Waals surface area contributed by atoms with Crippen LogP contribution in [0.2, 0.25) is 0 Å². The second-order valence-electron chi connectivity index (χ2n) is 8.46. The van der Waals surface area contributed by atoms with E-state index >= 15 is 0 Å². The second-order valence-corrected chi connectivity index (χ2v) is 10.3. The Bertz CT molecular complexity index is 681. The highest BCUT2D eigenvalue weighted by atomic mass is 79.9. The molecule has 2 saturated heterocycles. The Hall–Kier alpha value is -0.560. The Morgan fingerprint density at radius 2 is 1.79 bits per heavy atom. The molecule has 3 rings (SSSR count). The van der Waals surface area contributed by atoms with Crippen molar-refractivity contribution < 1.29 is 9.53 Å². The molecule has 4 nitrogen and oxygen atoms in total. The number of nitrogens with zero attached hydrogens (tertiary/aromatic N) is 2. The van der Waals surface area contributed by atoms with Crippen LogP contribution in [0.5, 0.6) is 0 Å². The largest absolute Gasteiger partial charge is 0.373 e. The van der Waals surface area contributed by atoms with Crippen LogP contribution in [0.3, 0.4) is 0 Å². The topological polar surface area (TPSA) is 32.8 Å². The molecule has 0 N–H and O–H groups in total. The van der Waals surface area contributed by atoms with Crippen LogP contribution in [0.1, 0.15) is 37.8 Å². The summed E-state index contributed by atoms with van der Waals surface area (Å²) >= 11 is 5.24. The first kappa shape index (κ1) is 22.1. The quantitative estimate of drug-likeness (QED) is 0.595. The van der Waals surface area contributed by atoms with Gasteiger partial charge < -0.3 is 9.64 Å². The molecule has 0 aliphatic carbocycles.